The second kappa shape index (κ2) is 5.87. The molecule has 0 saturated heterocycles. The van der Waals surface area contributed by atoms with E-state index in [4.69, 9.17) is 14.6 Å². The molecule has 1 N–H and O–H groups in total. The molecule has 2 aliphatic rings. The first-order chi connectivity index (χ1) is 10.1. The van der Waals surface area contributed by atoms with Crippen molar-refractivity contribution in [1.29, 1.82) is 0 Å². The van der Waals surface area contributed by atoms with Crippen molar-refractivity contribution in [2.75, 3.05) is 7.11 Å². The van der Waals surface area contributed by atoms with Crippen LogP contribution in [-0.2, 0) is 4.79 Å². The van der Waals surface area contributed by atoms with Crippen LogP contribution in [0.4, 0.5) is 0 Å². The molecule has 0 aliphatic heterocycles. The molecule has 3 rings (SSSR count). The molecular formula is C16H19BrO4. The third-order valence-corrected chi connectivity index (χ3v) is 4.66. The molecule has 4 nitrogen and oxygen atoms in total. The lowest BCUT2D eigenvalue weighted by atomic mass is 9.91. The van der Waals surface area contributed by atoms with E-state index in [-0.39, 0.29) is 12.3 Å². The zero-order valence-electron chi connectivity index (χ0n) is 12.0. The SMILES string of the molecule is COc1cc(C(CC(=O)O)C2CC2)cc(Br)c1OC1CC1. The number of ether oxygens (including phenoxy) is 2. The maximum atomic E-state index is 11.1. The molecule has 0 aromatic heterocycles. The van der Waals surface area contributed by atoms with E-state index in [0.717, 1.165) is 41.5 Å². The molecule has 0 radical (unpaired) electrons. The Morgan fingerprint density at radius 1 is 1.38 bits per heavy atom. The van der Waals surface area contributed by atoms with Gasteiger partial charge < -0.3 is 14.6 Å². The van der Waals surface area contributed by atoms with Crippen molar-refractivity contribution in [1.82, 2.24) is 0 Å². The van der Waals surface area contributed by atoms with Crippen molar-refractivity contribution in [3.8, 4) is 11.5 Å². The number of hydrogen-bond acceptors (Lipinski definition) is 3. The number of carboxylic acid groups (broad SMARTS) is 1. The number of carbonyl (C=O) groups is 1. The van der Waals surface area contributed by atoms with E-state index in [0.29, 0.717) is 17.8 Å². The smallest absolute Gasteiger partial charge is 0.303 e. The van der Waals surface area contributed by atoms with Gasteiger partial charge in [-0.3, -0.25) is 4.79 Å². The van der Waals surface area contributed by atoms with Crippen LogP contribution in [0.25, 0.3) is 0 Å². The quantitative estimate of drug-likeness (QED) is 0.804. The zero-order chi connectivity index (χ0) is 15.0. The van der Waals surface area contributed by atoms with Crippen LogP contribution in [0.3, 0.4) is 0 Å². The highest BCUT2D eigenvalue weighted by Gasteiger charge is 2.35. The maximum Gasteiger partial charge on any atom is 0.303 e. The fraction of sp³-hybridized carbons (Fsp3) is 0.562. The third kappa shape index (κ3) is 3.51. The van der Waals surface area contributed by atoms with Crippen molar-refractivity contribution in [3.63, 3.8) is 0 Å². The molecule has 0 heterocycles. The van der Waals surface area contributed by atoms with Crippen LogP contribution in [0.15, 0.2) is 16.6 Å². The first kappa shape index (κ1) is 14.7. The molecule has 2 saturated carbocycles. The first-order valence-electron chi connectivity index (χ1n) is 7.34. The van der Waals surface area contributed by atoms with E-state index in [1.807, 2.05) is 12.1 Å². The molecule has 1 unspecified atom stereocenters. The minimum atomic E-state index is -0.750. The van der Waals surface area contributed by atoms with Crippen molar-refractivity contribution in [2.24, 2.45) is 5.92 Å². The standard InChI is InChI=1S/C16H19BrO4/c1-20-14-7-10(12(8-15(18)19)9-2-3-9)6-13(17)16(14)21-11-4-5-11/h6-7,9,11-12H,2-5,8H2,1H3,(H,18,19). The Morgan fingerprint density at radius 3 is 2.62 bits per heavy atom. The van der Waals surface area contributed by atoms with E-state index in [1.54, 1.807) is 7.11 Å². The number of methoxy groups -OCH3 is 1. The van der Waals surface area contributed by atoms with Gasteiger partial charge in [0.05, 0.1) is 24.1 Å². The largest absolute Gasteiger partial charge is 0.493 e. The molecular weight excluding hydrogens is 336 g/mol. The van der Waals surface area contributed by atoms with Crippen molar-refractivity contribution < 1.29 is 19.4 Å². The molecule has 1 aromatic carbocycles. The molecule has 0 amide bonds. The number of aliphatic carboxylic acids is 1. The molecule has 0 spiro atoms. The Kier molecular flexibility index (Phi) is 4.11. The summed E-state index contributed by atoms with van der Waals surface area (Å²) < 4.78 is 12.2. The molecule has 0 bridgehead atoms. The highest BCUT2D eigenvalue weighted by Crippen LogP contribution is 2.48. The lowest BCUT2D eigenvalue weighted by Gasteiger charge is -2.19. The van der Waals surface area contributed by atoms with Gasteiger partial charge in [0.15, 0.2) is 11.5 Å². The van der Waals surface area contributed by atoms with Crippen LogP contribution in [0.2, 0.25) is 0 Å². The minimum absolute atomic E-state index is 0.0580. The minimum Gasteiger partial charge on any atom is -0.493 e. The average molecular weight is 355 g/mol. The van der Waals surface area contributed by atoms with Crippen LogP contribution >= 0.6 is 15.9 Å². The van der Waals surface area contributed by atoms with Gasteiger partial charge in [-0.15, -0.1) is 0 Å². The van der Waals surface area contributed by atoms with E-state index >= 15 is 0 Å². The molecule has 1 atom stereocenters. The monoisotopic (exact) mass is 354 g/mol. The van der Waals surface area contributed by atoms with Crippen LogP contribution in [0.1, 0.15) is 43.6 Å². The van der Waals surface area contributed by atoms with Crippen LogP contribution < -0.4 is 9.47 Å². The van der Waals surface area contributed by atoms with Gasteiger partial charge in [0, 0.05) is 0 Å². The molecule has 5 heteroatoms. The predicted octanol–water partition coefficient (Wildman–Crippen LogP) is 3.97. The second-order valence-electron chi connectivity index (χ2n) is 5.89. The van der Waals surface area contributed by atoms with E-state index in [2.05, 4.69) is 15.9 Å². The maximum absolute atomic E-state index is 11.1. The van der Waals surface area contributed by atoms with Crippen LogP contribution in [-0.4, -0.2) is 24.3 Å². The lowest BCUT2D eigenvalue weighted by molar-refractivity contribution is -0.137. The van der Waals surface area contributed by atoms with Gasteiger partial charge in [0.25, 0.3) is 0 Å². The number of benzene rings is 1. The molecule has 1 aromatic rings. The Hall–Kier alpha value is -1.23. The first-order valence-corrected chi connectivity index (χ1v) is 8.13. The van der Waals surface area contributed by atoms with E-state index in [9.17, 15) is 4.79 Å². The highest BCUT2D eigenvalue weighted by molar-refractivity contribution is 9.10. The van der Waals surface area contributed by atoms with Crippen molar-refractivity contribution in [3.05, 3.63) is 22.2 Å². The van der Waals surface area contributed by atoms with E-state index < -0.39 is 5.97 Å². The molecule has 114 valence electrons. The summed E-state index contributed by atoms with van der Waals surface area (Å²) in [4.78, 5) is 11.1. The summed E-state index contributed by atoms with van der Waals surface area (Å²) in [6, 6.07) is 3.93. The Bertz CT molecular complexity index is 549. The van der Waals surface area contributed by atoms with Crippen LogP contribution in [0, 0.1) is 5.92 Å². The van der Waals surface area contributed by atoms with Gasteiger partial charge >= 0.3 is 5.97 Å². The highest BCUT2D eigenvalue weighted by atomic mass is 79.9. The summed E-state index contributed by atoms with van der Waals surface area (Å²) in [5, 5.41) is 9.13. The van der Waals surface area contributed by atoms with Gasteiger partial charge in [-0.05, 0) is 71.1 Å². The fourth-order valence-corrected chi connectivity index (χ4v) is 3.22. The number of halogens is 1. The predicted molar refractivity (Wildman–Crippen MR) is 82.1 cm³/mol. The summed E-state index contributed by atoms with van der Waals surface area (Å²) in [7, 11) is 1.62. The summed E-state index contributed by atoms with van der Waals surface area (Å²) in [6.45, 7) is 0. The lowest BCUT2D eigenvalue weighted by Crippen LogP contribution is -2.09. The topological polar surface area (TPSA) is 55.8 Å². The van der Waals surface area contributed by atoms with Gasteiger partial charge in [0.1, 0.15) is 0 Å². The summed E-state index contributed by atoms with van der Waals surface area (Å²) in [6.07, 6.45) is 4.85. The Balaban J connectivity index is 1.90. The third-order valence-electron chi connectivity index (χ3n) is 4.07. The number of hydrogen-bond donors (Lipinski definition) is 1. The van der Waals surface area contributed by atoms with Gasteiger partial charge in [0.2, 0.25) is 0 Å². The fourth-order valence-electron chi connectivity index (χ4n) is 2.66. The Labute approximate surface area is 132 Å². The van der Waals surface area contributed by atoms with Crippen molar-refractivity contribution in [2.45, 2.75) is 44.1 Å². The van der Waals surface area contributed by atoms with Gasteiger partial charge in [-0.25, -0.2) is 0 Å². The van der Waals surface area contributed by atoms with E-state index in [1.165, 1.54) is 0 Å². The molecule has 2 aliphatic carbocycles. The summed E-state index contributed by atoms with van der Waals surface area (Å²) in [5.41, 5.74) is 1.02. The zero-order valence-corrected chi connectivity index (χ0v) is 13.6. The van der Waals surface area contributed by atoms with Crippen LogP contribution in [0.5, 0.6) is 11.5 Å². The van der Waals surface area contributed by atoms with Gasteiger partial charge in [-0.1, -0.05) is 0 Å². The van der Waals surface area contributed by atoms with Gasteiger partial charge in [-0.2, -0.15) is 0 Å². The summed E-state index contributed by atoms with van der Waals surface area (Å²) in [5.74, 6) is 1.20. The molecule has 21 heavy (non-hydrogen) atoms. The van der Waals surface area contributed by atoms with Crippen molar-refractivity contribution >= 4 is 21.9 Å². The second-order valence-corrected chi connectivity index (χ2v) is 6.75. The Morgan fingerprint density at radius 2 is 2.10 bits per heavy atom. The number of carboxylic acids is 1. The number of rotatable bonds is 7. The average Bonchev–Trinajstić information content (AvgIpc) is 3.31. The molecule has 2 fully saturated rings. The normalized spacial score (nSPS) is 19.1. The summed E-state index contributed by atoms with van der Waals surface area (Å²) >= 11 is 3.55.